The lowest BCUT2D eigenvalue weighted by Crippen LogP contribution is -2.60. The molecule has 3 aromatic carbocycles. The average Bonchev–Trinajstić information content (AvgIpc) is 2.92. The first-order valence-electron chi connectivity index (χ1n) is 12.4. The van der Waals surface area contributed by atoms with Gasteiger partial charge in [-0.3, -0.25) is 0 Å². The Balaban J connectivity index is 1.52. The molecule has 1 aliphatic heterocycles. The highest BCUT2D eigenvalue weighted by atomic mass is 16.7. The minimum absolute atomic E-state index is 0.293. The summed E-state index contributed by atoms with van der Waals surface area (Å²) in [5.74, 6) is -0.378. The highest BCUT2D eigenvalue weighted by molar-refractivity contribution is 5.15. The lowest BCUT2D eigenvalue weighted by Gasteiger charge is -2.47. The fourth-order valence-electron chi connectivity index (χ4n) is 4.63. The Labute approximate surface area is 213 Å². The zero-order chi connectivity index (χ0) is 25.2. The van der Waals surface area contributed by atoms with Crippen LogP contribution in [0, 0.1) is 5.92 Å². The van der Waals surface area contributed by atoms with Crippen molar-refractivity contribution < 1.29 is 28.8 Å². The average molecular weight is 493 g/mol. The molecule has 6 atom stereocenters. The maximum atomic E-state index is 10.9. The molecule has 6 heteroatoms. The van der Waals surface area contributed by atoms with Crippen LogP contribution in [0.15, 0.2) is 91.0 Å². The van der Waals surface area contributed by atoms with E-state index in [1.165, 1.54) is 0 Å². The lowest BCUT2D eigenvalue weighted by atomic mass is 9.85. The van der Waals surface area contributed by atoms with Crippen molar-refractivity contribution in [3.63, 3.8) is 0 Å². The third-order valence-electron chi connectivity index (χ3n) is 6.46. The van der Waals surface area contributed by atoms with E-state index >= 15 is 0 Å². The molecule has 4 rings (SSSR count). The smallest absolute Gasteiger partial charge is 0.186 e. The molecule has 1 aliphatic rings. The molecule has 1 fully saturated rings. The van der Waals surface area contributed by atoms with E-state index in [1.807, 2.05) is 91.0 Å². The quantitative estimate of drug-likeness (QED) is 0.394. The molecular weight excluding hydrogens is 456 g/mol. The summed E-state index contributed by atoms with van der Waals surface area (Å²) in [7, 11) is 1.60. The molecule has 3 aromatic rings. The number of hydrogen-bond donors (Lipinski definition) is 1. The third-order valence-corrected chi connectivity index (χ3v) is 6.46. The van der Waals surface area contributed by atoms with Crippen molar-refractivity contribution >= 4 is 0 Å². The van der Waals surface area contributed by atoms with Crippen LogP contribution in [0.25, 0.3) is 0 Å². The zero-order valence-electron chi connectivity index (χ0n) is 20.9. The van der Waals surface area contributed by atoms with Gasteiger partial charge in [-0.05, 0) is 23.6 Å². The van der Waals surface area contributed by atoms with Gasteiger partial charge in [0.25, 0.3) is 0 Å². The van der Waals surface area contributed by atoms with E-state index in [0.29, 0.717) is 26.4 Å². The minimum Gasteiger partial charge on any atom is -0.393 e. The van der Waals surface area contributed by atoms with E-state index in [2.05, 4.69) is 0 Å². The van der Waals surface area contributed by atoms with Gasteiger partial charge in [-0.2, -0.15) is 0 Å². The molecule has 192 valence electrons. The molecular formula is C30H36O6. The second-order valence-corrected chi connectivity index (χ2v) is 9.12. The van der Waals surface area contributed by atoms with Crippen LogP contribution in [0.3, 0.4) is 0 Å². The molecule has 1 heterocycles. The largest absolute Gasteiger partial charge is 0.393 e. The topological polar surface area (TPSA) is 66.4 Å². The summed E-state index contributed by atoms with van der Waals surface area (Å²) >= 11 is 0. The maximum absolute atomic E-state index is 10.9. The molecule has 0 bridgehead atoms. The number of ether oxygens (including phenoxy) is 5. The van der Waals surface area contributed by atoms with Gasteiger partial charge in [0.2, 0.25) is 0 Å². The van der Waals surface area contributed by atoms with Crippen LogP contribution in [-0.4, -0.2) is 49.5 Å². The first-order valence-corrected chi connectivity index (χ1v) is 12.4. The Hall–Kier alpha value is -2.58. The second kappa shape index (κ2) is 13.7. The summed E-state index contributed by atoms with van der Waals surface area (Å²) in [5, 5.41) is 10.9. The highest BCUT2D eigenvalue weighted by Gasteiger charge is 2.49. The summed E-state index contributed by atoms with van der Waals surface area (Å²) in [6.45, 7) is 3.27. The summed E-state index contributed by atoms with van der Waals surface area (Å²) < 4.78 is 30.9. The molecule has 0 radical (unpaired) electrons. The van der Waals surface area contributed by atoms with Crippen LogP contribution in [-0.2, 0) is 43.5 Å². The van der Waals surface area contributed by atoms with E-state index in [-0.39, 0.29) is 5.92 Å². The van der Waals surface area contributed by atoms with E-state index in [9.17, 15) is 5.11 Å². The fraction of sp³-hybridized carbons (Fsp3) is 0.400. The first-order chi connectivity index (χ1) is 17.7. The monoisotopic (exact) mass is 492 g/mol. The van der Waals surface area contributed by atoms with Gasteiger partial charge in [-0.25, -0.2) is 0 Å². The molecule has 36 heavy (non-hydrogen) atoms. The predicted molar refractivity (Wildman–Crippen MR) is 137 cm³/mol. The molecule has 0 spiro atoms. The molecule has 1 N–H and O–H groups in total. The van der Waals surface area contributed by atoms with Gasteiger partial charge in [0.1, 0.15) is 6.10 Å². The van der Waals surface area contributed by atoms with Crippen LogP contribution in [0.1, 0.15) is 23.6 Å². The Morgan fingerprint density at radius 2 is 1.19 bits per heavy atom. The van der Waals surface area contributed by atoms with Crippen molar-refractivity contribution in [3.8, 4) is 0 Å². The van der Waals surface area contributed by atoms with Gasteiger partial charge in [-0.15, -0.1) is 0 Å². The molecule has 0 saturated carbocycles. The van der Waals surface area contributed by atoms with Crippen LogP contribution >= 0.6 is 0 Å². The number of aliphatic hydroxyl groups excluding tert-OH is 1. The Bertz CT molecular complexity index is 998. The number of aliphatic hydroxyl groups is 1. The van der Waals surface area contributed by atoms with Crippen LogP contribution in [0.5, 0.6) is 0 Å². The van der Waals surface area contributed by atoms with Crippen molar-refractivity contribution in [2.75, 3.05) is 13.7 Å². The Kier molecular flexibility index (Phi) is 10.0. The van der Waals surface area contributed by atoms with Crippen molar-refractivity contribution in [1.82, 2.24) is 0 Å². The number of hydrogen-bond acceptors (Lipinski definition) is 6. The normalized spacial score (nSPS) is 24.9. The van der Waals surface area contributed by atoms with Crippen LogP contribution in [0.4, 0.5) is 0 Å². The molecule has 0 aliphatic carbocycles. The van der Waals surface area contributed by atoms with E-state index in [0.717, 1.165) is 16.7 Å². The van der Waals surface area contributed by atoms with Gasteiger partial charge >= 0.3 is 0 Å². The van der Waals surface area contributed by atoms with Crippen molar-refractivity contribution in [2.24, 2.45) is 5.92 Å². The Morgan fingerprint density at radius 3 is 1.67 bits per heavy atom. The second-order valence-electron chi connectivity index (χ2n) is 9.12. The summed E-state index contributed by atoms with van der Waals surface area (Å²) in [6.07, 6.45) is -2.83. The van der Waals surface area contributed by atoms with Crippen molar-refractivity contribution in [2.45, 2.75) is 57.5 Å². The fourth-order valence-corrected chi connectivity index (χ4v) is 4.63. The Morgan fingerprint density at radius 1 is 0.722 bits per heavy atom. The SMILES string of the molecule is CO[C@H]1O[C@H](COCc2ccccc2)[C@@H]([C@@H](C)O)[C@H](OCc2ccccc2)[C@H]1OCc1ccccc1. The maximum Gasteiger partial charge on any atom is 0.186 e. The molecule has 6 nitrogen and oxygen atoms in total. The van der Waals surface area contributed by atoms with Crippen LogP contribution in [0.2, 0.25) is 0 Å². The first kappa shape index (κ1) is 26.5. The van der Waals surface area contributed by atoms with Gasteiger partial charge < -0.3 is 28.8 Å². The minimum atomic E-state index is -0.711. The van der Waals surface area contributed by atoms with E-state index in [4.69, 9.17) is 23.7 Å². The summed E-state index contributed by atoms with van der Waals surface area (Å²) in [5.41, 5.74) is 3.16. The van der Waals surface area contributed by atoms with Crippen molar-refractivity contribution in [1.29, 1.82) is 0 Å². The van der Waals surface area contributed by atoms with E-state index in [1.54, 1.807) is 14.0 Å². The number of methoxy groups -OCH3 is 1. The zero-order valence-corrected chi connectivity index (χ0v) is 20.9. The standard InChI is InChI=1S/C30H36O6/c1-22(31)27-26(21-33-18-23-12-6-3-7-13-23)36-30(32-2)29(35-20-25-16-10-5-11-17-25)28(27)34-19-24-14-8-4-9-15-24/h3-17,22,26-31H,18-21H2,1-2H3/t22-,26-,27-,28+,29-,30+/m1/s1. The molecule has 0 aromatic heterocycles. The third kappa shape index (κ3) is 7.23. The van der Waals surface area contributed by atoms with Gasteiger partial charge in [0.15, 0.2) is 6.29 Å². The number of benzene rings is 3. The van der Waals surface area contributed by atoms with E-state index < -0.39 is 30.7 Å². The summed E-state index contributed by atoms with van der Waals surface area (Å²) in [6, 6.07) is 29.9. The number of rotatable bonds is 12. The van der Waals surface area contributed by atoms with Crippen LogP contribution < -0.4 is 0 Å². The molecule has 1 saturated heterocycles. The molecule has 0 amide bonds. The van der Waals surface area contributed by atoms with Gasteiger partial charge in [0.05, 0.1) is 44.7 Å². The lowest BCUT2D eigenvalue weighted by molar-refractivity contribution is -0.314. The predicted octanol–water partition coefficient (Wildman–Crippen LogP) is 4.74. The van der Waals surface area contributed by atoms with Gasteiger partial charge in [-0.1, -0.05) is 91.0 Å². The molecule has 0 unspecified atom stereocenters. The van der Waals surface area contributed by atoms with Gasteiger partial charge in [0, 0.05) is 13.0 Å². The van der Waals surface area contributed by atoms with Crippen molar-refractivity contribution in [3.05, 3.63) is 108 Å². The highest BCUT2D eigenvalue weighted by Crippen LogP contribution is 2.34. The summed E-state index contributed by atoms with van der Waals surface area (Å²) in [4.78, 5) is 0.